The zero-order valence-corrected chi connectivity index (χ0v) is 11.2. The molecule has 0 aromatic heterocycles. The van der Waals surface area contributed by atoms with E-state index in [0.717, 1.165) is 4.47 Å². The molecule has 94 valence electrons. The predicted molar refractivity (Wildman–Crippen MR) is 69.4 cm³/mol. The maximum atomic E-state index is 11.6. The number of urea groups is 1. The maximum Gasteiger partial charge on any atom is 0.319 e. The largest absolute Gasteiger partial charge is 0.495 e. The van der Waals surface area contributed by atoms with Crippen LogP contribution in [0.25, 0.3) is 0 Å². The van der Waals surface area contributed by atoms with Crippen molar-refractivity contribution in [3.63, 3.8) is 0 Å². The standard InChI is InChI=1S/C11H15BrN2O3/c1-7(6-15)13-11(16)14-9-5-8(12)3-4-10(9)17-2/h3-5,7,15H,6H2,1-2H3,(H2,13,14,16)/t7-/m0/s1. The first-order valence-electron chi connectivity index (χ1n) is 5.08. The van der Waals surface area contributed by atoms with E-state index < -0.39 is 0 Å². The fourth-order valence-corrected chi connectivity index (χ4v) is 1.57. The van der Waals surface area contributed by atoms with Gasteiger partial charge in [-0.2, -0.15) is 0 Å². The van der Waals surface area contributed by atoms with E-state index in [-0.39, 0.29) is 18.7 Å². The van der Waals surface area contributed by atoms with E-state index in [2.05, 4.69) is 26.6 Å². The topological polar surface area (TPSA) is 70.6 Å². The van der Waals surface area contributed by atoms with Crippen LogP contribution in [-0.2, 0) is 0 Å². The monoisotopic (exact) mass is 302 g/mol. The molecule has 5 nitrogen and oxygen atoms in total. The lowest BCUT2D eigenvalue weighted by Crippen LogP contribution is -2.38. The van der Waals surface area contributed by atoms with E-state index in [0.29, 0.717) is 11.4 Å². The number of hydrogen-bond acceptors (Lipinski definition) is 3. The van der Waals surface area contributed by atoms with Gasteiger partial charge in [-0.25, -0.2) is 4.79 Å². The van der Waals surface area contributed by atoms with E-state index in [4.69, 9.17) is 9.84 Å². The molecule has 0 fully saturated rings. The highest BCUT2D eigenvalue weighted by atomic mass is 79.9. The number of aliphatic hydroxyl groups is 1. The summed E-state index contributed by atoms with van der Waals surface area (Å²) in [6.07, 6.45) is 0. The van der Waals surface area contributed by atoms with E-state index >= 15 is 0 Å². The van der Waals surface area contributed by atoms with Crippen LogP contribution in [0.15, 0.2) is 22.7 Å². The molecule has 0 saturated carbocycles. The van der Waals surface area contributed by atoms with Crippen molar-refractivity contribution < 1.29 is 14.6 Å². The number of amides is 2. The van der Waals surface area contributed by atoms with Gasteiger partial charge in [-0.1, -0.05) is 15.9 Å². The first-order chi connectivity index (χ1) is 8.06. The van der Waals surface area contributed by atoms with Crippen molar-refractivity contribution in [2.45, 2.75) is 13.0 Å². The zero-order chi connectivity index (χ0) is 12.8. The first kappa shape index (κ1) is 13.8. The highest BCUT2D eigenvalue weighted by molar-refractivity contribution is 9.10. The van der Waals surface area contributed by atoms with Gasteiger partial charge in [-0.3, -0.25) is 0 Å². The zero-order valence-electron chi connectivity index (χ0n) is 9.66. The van der Waals surface area contributed by atoms with E-state index in [1.165, 1.54) is 7.11 Å². The molecule has 0 bridgehead atoms. The minimum atomic E-state index is -0.386. The number of anilines is 1. The summed E-state index contributed by atoms with van der Waals surface area (Å²) in [6.45, 7) is 1.60. The summed E-state index contributed by atoms with van der Waals surface area (Å²) in [5.41, 5.74) is 0.560. The van der Waals surface area contributed by atoms with Gasteiger partial charge in [0.1, 0.15) is 5.75 Å². The first-order valence-corrected chi connectivity index (χ1v) is 5.88. The van der Waals surface area contributed by atoms with E-state index in [1.54, 1.807) is 19.1 Å². The number of ether oxygens (including phenoxy) is 1. The molecule has 0 unspecified atom stereocenters. The average Bonchev–Trinajstić information content (AvgIpc) is 2.29. The second-order valence-electron chi connectivity index (χ2n) is 3.53. The Hall–Kier alpha value is -1.27. The average molecular weight is 303 g/mol. The Balaban J connectivity index is 2.73. The second-order valence-corrected chi connectivity index (χ2v) is 4.44. The molecule has 0 heterocycles. The molecule has 0 radical (unpaired) electrons. The fourth-order valence-electron chi connectivity index (χ4n) is 1.21. The Labute approximate surface area is 108 Å². The number of benzene rings is 1. The quantitative estimate of drug-likeness (QED) is 0.796. The summed E-state index contributed by atoms with van der Waals surface area (Å²) in [6, 6.07) is 4.62. The van der Waals surface area contributed by atoms with Crippen LogP contribution in [0.1, 0.15) is 6.92 Å². The highest BCUT2D eigenvalue weighted by Crippen LogP contribution is 2.27. The van der Waals surface area contributed by atoms with E-state index in [1.807, 2.05) is 6.07 Å². The van der Waals surface area contributed by atoms with Crippen LogP contribution < -0.4 is 15.4 Å². The molecule has 0 spiro atoms. The summed E-state index contributed by atoms with van der Waals surface area (Å²) in [5, 5.41) is 14.0. The summed E-state index contributed by atoms with van der Waals surface area (Å²) in [7, 11) is 1.53. The summed E-state index contributed by atoms with van der Waals surface area (Å²) >= 11 is 3.31. The molecular weight excluding hydrogens is 288 g/mol. The molecular formula is C11H15BrN2O3. The lowest BCUT2D eigenvalue weighted by molar-refractivity contribution is 0.229. The van der Waals surface area contributed by atoms with Crippen molar-refractivity contribution in [2.75, 3.05) is 19.0 Å². The van der Waals surface area contributed by atoms with Crippen LogP contribution in [0.3, 0.4) is 0 Å². The number of halogens is 1. The van der Waals surface area contributed by atoms with Crippen molar-refractivity contribution >= 4 is 27.6 Å². The molecule has 0 aliphatic carbocycles. The van der Waals surface area contributed by atoms with Gasteiger partial charge in [-0.05, 0) is 25.1 Å². The van der Waals surface area contributed by atoms with Crippen LogP contribution in [0.5, 0.6) is 5.75 Å². The van der Waals surface area contributed by atoms with Crippen molar-refractivity contribution in [1.29, 1.82) is 0 Å². The third-order valence-corrected chi connectivity index (χ3v) is 2.55. The molecule has 1 aromatic carbocycles. The van der Waals surface area contributed by atoms with E-state index in [9.17, 15) is 4.79 Å². The Kier molecular flexibility index (Phi) is 5.24. The number of aliphatic hydroxyl groups excluding tert-OH is 1. The van der Waals surface area contributed by atoms with Gasteiger partial charge in [0.2, 0.25) is 0 Å². The Morgan fingerprint density at radius 1 is 1.59 bits per heavy atom. The van der Waals surface area contributed by atoms with Gasteiger partial charge in [0.15, 0.2) is 0 Å². The molecule has 17 heavy (non-hydrogen) atoms. The third kappa shape index (κ3) is 4.24. The van der Waals surface area contributed by atoms with Gasteiger partial charge in [0, 0.05) is 4.47 Å². The molecule has 0 aliphatic rings. The number of methoxy groups -OCH3 is 1. The fraction of sp³-hybridized carbons (Fsp3) is 0.364. The second kappa shape index (κ2) is 6.46. The maximum absolute atomic E-state index is 11.6. The molecule has 2 amide bonds. The lowest BCUT2D eigenvalue weighted by atomic mass is 10.3. The highest BCUT2D eigenvalue weighted by Gasteiger charge is 2.09. The van der Waals surface area contributed by atoms with Crippen molar-refractivity contribution in [3.8, 4) is 5.75 Å². The molecule has 6 heteroatoms. The van der Waals surface area contributed by atoms with Crippen LogP contribution in [0.2, 0.25) is 0 Å². The Morgan fingerprint density at radius 2 is 2.29 bits per heavy atom. The predicted octanol–water partition coefficient (Wildman–Crippen LogP) is 1.96. The van der Waals surface area contributed by atoms with Crippen LogP contribution in [0.4, 0.5) is 10.5 Å². The Bertz CT molecular complexity index is 398. The smallest absolute Gasteiger partial charge is 0.319 e. The normalized spacial score (nSPS) is 11.8. The van der Waals surface area contributed by atoms with Crippen molar-refractivity contribution in [3.05, 3.63) is 22.7 Å². The summed E-state index contributed by atoms with van der Waals surface area (Å²) < 4.78 is 5.96. The minimum Gasteiger partial charge on any atom is -0.495 e. The molecule has 1 aromatic rings. The van der Waals surface area contributed by atoms with Crippen LogP contribution >= 0.6 is 15.9 Å². The van der Waals surface area contributed by atoms with Crippen molar-refractivity contribution in [1.82, 2.24) is 5.32 Å². The lowest BCUT2D eigenvalue weighted by Gasteiger charge is -2.14. The molecule has 0 aliphatic heterocycles. The van der Waals surface area contributed by atoms with Gasteiger partial charge in [0.25, 0.3) is 0 Å². The molecule has 3 N–H and O–H groups in total. The number of nitrogens with one attached hydrogen (secondary N) is 2. The summed E-state index contributed by atoms with van der Waals surface area (Å²) in [5.74, 6) is 0.569. The molecule has 1 rings (SSSR count). The number of rotatable bonds is 4. The van der Waals surface area contributed by atoms with Gasteiger partial charge in [0.05, 0.1) is 25.4 Å². The summed E-state index contributed by atoms with van der Waals surface area (Å²) in [4.78, 5) is 11.6. The number of hydrogen-bond donors (Lipinski definition) is 3. The Morgan fingerprint density at radius 3 is 2.88 bits per heavy atom. The SMILES string of the molecule is COc1ccc(Br)cc1NC(=O)N[C@@H](C)CO. The molecule has 1 atom stereocenters. The third-order valence-electron chi connectivity index (χ3n) is 2.06. The minimum absolute atomic E-state index is 0.108. The van der Waals surface area contributed by atoms with Crippen molar-refractivity contribution in [2.24, 2.45) is 0 Å². The number of carbonyl (C=O) groups is 1. The number of carbonyl (C=O) groups excluding carboxylic acids is 1. The van der Waals surface area contributed by atoms with Crippen LogP contribution in [0, 0.1) is 0 Å². The van der Waals surface area contributed by atoms with Gasteiger partial charge in [-0.15, -0.1) is 0 Å². The van der Waals surface area contributed by atoms with Crippen LogP contribution in [-0.4, -0.2) is 30.9 Å². The molecule has 0 saturated heterocycles. The van der Waals surface area contributed by atoms with Gasteiger partial charge >= 0.3 is 6.03 Å². The van der Waals surface area contributed by atoms with Gasteiger partial charge < -0.3 is 20.5 Å².